The van der Waals surface area contributed by atoms with Crippen LogP contribution in [0, 0.1) is 19.7 Å². The van der Waals surface area contributed by atoms with Crippen LogP contribution in [0.15, 0.2) is 53.7 Å². The van der Waals surface area contributed by atoms with Crippen molar-refractivity contribution in [2.75, 3.05) is 13.1 Å². The molecule has 0 aliphatic heterocycles. The zero-order chi connectivity index (χ0) is 22.1. The Bertz CT molecular complexity index is 1000. The molecule has 164 valence electrons. The summed E-state index contributed by atoms with van der Waals surface area (Å²) in [5.74, 6) is 1.24. The van der Waals surface area contributed by atoms with E-state index in [1.165, 1.54) is 17.8 Å². The molecule has 31 heavy (non-hydrogen) atoms. The maximum atomic E-state index is 13.3. The second-order valence-electron chi connectivity index (χ2n) is 7.19. The average Bonchev–Trinajstić information content (AvgIpc) is 3.07. The largest absolute Gasteiger partial charge is 0.439 e. The SMILES string of the molecule is CCNC(=NCc1ccc(Oc2cccc(F)c2)nc1)NCCCn1nc(C)cc1C. The van der Waals surface area contributed by atoms with E-state index in [4.69, 9.17) is 4.74 Å². The number of halogens is 1. The van der Waals surface area contributed by atoms with Crippen molar-refractivity contribution in [2.45, 2.75) is 40.3 Å². The van der Waals surface area contributed by atoms with Gasteiger partial charge in [0.15, 0.2) is 5.96 Å². The fourth-order valence-electron chi connectivity index (χ4n) is 3.07. The molecule has 7 nitrogen and oxygen atoms in total. The van der Waals surface area contributed by atoms with Crippen LogP contribution in [0.5, 0.6) is 11.6 Å². The van der Waals surface area contributed by atoms with Crippen LogP contribution in [0.2, 0.25) is 0 Å². The molecule has 3 aromatic rings. The van der Waals surface area contributed by atoms with E-state index in [1.807, 2.05) is 24.6 Å². The van der Waals surface area contributed by atoms with Crippen molar-refractivity contribution in [1.29, 1.82) is 0 Å². The van der Waals surface area contributed by atoms with Gasteiger partial charge < -0.3 is 15.4 Å². The van der Waals surface area contributed by atoms with Crippen molar-refractivity contribution in [3.8, 4) is 11.6 Å². The van der Waals surface area contributed by atoms with E-state index in [1.54, 1.807) is 24.4 Å². The van der Waals surface area contributed by atoms with Crippen molar-refractivity contribution >= 4 is 5.96 Å². The zero-order valence-electron chi connectivity index (χ0n) is 18.2. The Morgan fingerprint density at radius 1 is 1.16 bits per heavy atom. The lowest BCUT2D eigenvalue weighted by molar-refractivity contribution is 0.457. The van der Waals surface area contributed by atoms with Gasteiger partial charge in [-0.05, 0) is 51.0 Å². The first-order valence-electron chi connectivity index (χ1n) is 10.4. The summed E-state index contributed by atoms with van der Waals surface area (Å²) in [4.78, 5) is 8.90. The molecule has 0 amide bonds. The minimum Gasteiger partial charge on any atom is -0.439 e. The Morgan fingerprint density at radius 3 is 2.71 bits per heavy atom. The first kappa shape index (κ1) is 22.3. The number of nitrogens with one attached hydrogen (secondary N) is 2. The van der Waals surface area contributed by atoms with Gasteiger partial charge in [0.2, 0.25) is 5.88 Å². The van der Waals surface area contributed by atoms with Crippen molar-refractivity contribution in [1.82, 2.24) is 25.4 Å². The first-order chi connectivity index (χ1) is 15.0. The summed E-state index contributed by atoms with van der Waals surface area (Å²) < 4.78 is 20.9. The maximum absolute atomic E-state index is 13.3. The molecular weight excluding hydrogens is 395 g/mol. The zero-order valence-corrected chi connectivity index (χ0v) is 18.2. The second kappa shape index (κ2) is 11.1. The highest BCUT2D eigenvalue weighted by Crippen LogP contribution is 2.20. The third-order valence-corrected chi connectivity index (χ3v) is 4.52. The van der Waals surface area contributed by atoms with Gasteiger partial charge in [0.1, 0.15) is 11.6 Å². The van der Waals surface area contributed by atoms with Crippen LogP contribution in [-0.2, 0) is 13.1 Å². The van der Waals surface area contributed by atoms with Gasteiger partial charge in [0.25, 0.3) is 0 Å². The highest BCUT2D eigenvalue weighted by atomic mass is 19.1. The van der Waals surface area contributed by atoms with E-state index in [2.05, 4.69) is 38.7 Å². The summed E-state index contributed by atoms with van der Waals surface area (Å²) >= 11 is 0. The van der Waals surface area contributed by atoms with Gasteiger partial charge in [0, 0.05) is 43.7 Å². The summed E-state index contributed by atoms with van der Waals surface area (Å²) in [6, 6.07) is 11.7. The summed E-state index contributed by atoms with van der Waals surface area (Å²) in [5.41, 5.74) is 3.17. The molecular formula is C23H29FN6O. The van der Waals surface area contributed by atoms with Crippen LogP contribution in [0.4, 0.5) is 4.39 Å². The smallest absolute Gasteiger partial charge is 0.219 e. The first-order valence-corrected chi connectivity index (χ1v) is 10.4. The summed E-state index contributed by atoms with van der Waals surface area (Å²) in [6.07, 6.45) is 2.66. The summed E-state index contributed by atoms with van der Waals surface area (Å²) in [6.45, 7) is 9.04. The molecule has 1 aromatic carbocycles. The van der Waals surface area contributed by atoms with E-state index in [0.29, 0.717) is 18.2 Å². The predicted octanol–water partition coefficient (Wildman–Crippen LogP) is 3.97. The lowest BCUT2D eigenvalue weighted by Crippen LogP contribution is -2.38. The van der Waals surface area contributed by atoms with Crippen LogP contribution in [0.3, 0.4) is 0 Å². The number of hydrogen-bond donors (Lipinski definition) is 2. The molecule has 2 aromatic heterocycles. The molecule has 0 spiro atoms. The van der Waals surface area contributed by atoms with Crippen LogP contribution in [0.25, 0.3) is 0 Å². The molecule has 0 radical (unpaired) electrons. The van der Waals surface area contributed by atoms with Gasteiger partial charge in [-0.15, -0.1) is 0 Å². The molecule has 3 rings (SSSR count). The number of aryl methyl sites for hydroxylation is 3. The molecule has 2 N–H and O–H groups in total. The fraction of sp³-hybridized carbons (Fsp3) is 0.348. The Morgan fingerprint density at radius 2 is 2.03 bits per heavy atom. The predicted molar refractivity (Wildman–Crippen MR) is 120 cm³/mol. The van der Waals surface area contributed by atoms with Crippen LogP contribution >= 0.6 is 0 Å². The second-order valence-corrected chi connectivity index (χ2v) is 7.19. The number of rotatable bonds is 9. The summed E-state index contributed by atoms with van der Waals surface area (Å²) in [7, 11) is 0. The van der Waals surface area contributed by atoms with Gasteiger partial charge in [-0.2, -0.15) is 5.10 Å². The van der Waals surface area contributed by atoms with Crippen molar-refractivity contribution in [2.24, 2.45) is 4.99 Å². The van der Waals surface area contributed by atoms with E-state index in [9.17, 15) is 4.39 Å². The molecule has 0 fully saturated rings. The number of benzene rings is 1. The number of guanidine groups is 1. The minimum absolute atomic E-state index is 0.346. The Labute approximate surface area is 182 Å². The highest BCUT2D eigenvalue weighted by Gasteiger charge is 2.03. The molecule has 8 heteroatoms. The molecule has 2 heterocycles. The maximum Gasteiger partial charge on any atom is 0.219 e. The average molecular weight is 425 g/mol. The normalized spacial score (nSPS) is 11.4. The molecule has 0 saturated carbocycles. The number of aromatic nitrogens is 3. The molecule has 0 aliphatic carbocycles. The standard InChI is InChI=1S/C23H29FN6O/c1-4-25-23(26-11-6-12-30-18(3)13-17(2)29-30)28-16-19-9-10-22(27-15-19)31-21-8-5-7-20(24)14-21/h5,7-10,13-15H,4,6,11-12,16H2,1-3H3,(H2,25,26,28). The van der Waals surface area contributed by atoms with Crippen LogP contribution in [0.1, 0.15) is 30.3 Å². The third-order valence-electron chi connectivity index (χ3n) is 4.52. The Kier molecular flexibility index (Phi) is 7.98. The van der Waals surface area contributed by atoms with E-state index >= 15 is 0 Å². The van der Waals surface area contributed by atoms with Crippen molar-refractivity contribution < 1.29 is 9.13 Å². The number of hydrogen-bond acceptors (Lipinski definition) is 4. The van der Waals surface area contributed by atoms with Gasteiger partial charge in [0.05, 0.1) is 12.2 Å². The van der Waals surface area contributed by atoms with Crippen molar-refractivity contribution in [3.05, 3.63) is 71.4 Å². The van der Waals surface area contributed by atoms with E-state index in [0.717, 1.165) is 43.3 Å². The molecule has 0 bridgehead atoms. The molecule has 0 atom stereocenters. The molecule has 0 unspecified atom stereocenters. The number of aliphatic imine (C=N–C) groups is 1. The van der Waals surface area contributed by atoms with Gasteiger partial charge in [-0.25, -0.2) is 14.4 Å². The molecule has 0 aliphatic rings. The number of pyridine rings is 1. The van der Waals surface area contributed by atoms with E-state index < -0.39 is 0 Å². The lowest BCUT2D eigenvalue weighted by Gasteiger charge is -2.12. The number of nitrogens with zero attached hydrogens (tertiary/aromatic N) is 4. The topological polar surface area (TPSA) is 76.4 Å². The lowest BCUT2D eigenvalue weighted by atomic mass is 10.3. The van der Waals surface area contributed by atoms with Gasteiger partial charge in [-0.3, -0.25) is 4.68 Å². The highest BCUT2D eigenvalue weighted by molar-refractivity contribution is 5.79. The van der Waals surface area contributed by atoms with Crippen LogP contribution < -0.4 is 15.4 Å². The van der Waals surface area contributed by atoms with Gasteiger partial charge in [-0.1, -0.05) is 12.1 Å². The van der Waals surface area contributed by atoms with Gasteiger partial charge >= 0.3 is 0 Å². The molecule has 0 saturated heterocycles. The Balaban J connectivity index is 1.49. The minimum atomic E-state index is -0.346. The Hall–Kier alpha value is -3.42. The fourth-order valence-corrected chi connectivity index (χ4v) is 3.07. The summed E-state index contributed by atoms with van der Waals surface area (Å²) in [5, 5.41) is 11.1. The van der Waals surface area contributed by atoms with E-state index in [-0.39, 0.29) is 5.82 Å². The van der Waals surface area contributed by atoms with Crippen LogP contribution in [-0.4, -0.2) is 33.8 Å². The monoisotopic (exact) mass is 424 g/mol. The third kappa shape index (κ3) is 7.09. The number of ether oxygens (including phenoxy) is 1. The van der Waals surface area contributed by atoms with Crippen molar-refractivity contribution in [3.63, 3.8) is 0 Å². The quantitative estimate of drug-likeness (QED) is 0.309.